The molecule has 0 amide bonds. The number of fused-ring (bicyclic) bond motifs is 1. The Morgan fingerprint density at radius 1 is 1.30 bits per heavy atom. The van der Waals surface area contributed by atoms with Crippen molar-refractivity contribution >= 4 is 12.2 Å². The average molecular weight is 296 g/mol. The predicted molar refractivity (Wildman–Crippen MR) is 80.2 cm³/mol. The fourth-order valence-electron chi connectivity index (χ4n) is 3.06. The highest BCUT2D eigenvalue weighted by Crippen LogP contribution is 2.16. The van der Waals surface area contributed by atoms with Crippen molar-refractivity contribution in [3.63, 3.8) is 0 Å². The zero-order valence-electron chi connectivity index (χ0n) is 12.4. The largest absolute Gasteiger partial charge is 0.376 e. The molecule has 0 unspecified atom stereocenters. The minimum Gasteiger partial charge on any atom is -0.376 e. The Balaban J connectivity index is 1.79. The van der Waals surface area contributed by atoms with Crippen molar-refractivity contribution < 1.29 is 4.74 Å². The predicted octanol–water partition coefficient (Wildman–Crippen LogP) is 2.21. The van der Waals surface area contributed by atoms with Crippen molar-refractivity contribution in [3.8, 4) is 0 Å². The van der Waals surface area contributed by atoms with Crippen LogP contribution >= 0.6 is 12.2 Å². The summed E-state index contributed by atoms with van der Waals surface area (Å²) in [6, 6.07) is 0.426. The SMILES string of the molecule is C[C@@H]1CO[C@@H](C)CN1Cn1nc2n(c1=S)CCCCC2. The van der Waals surface area contributed by atoms with E-state index in [1.54, 1.807) is 0 Å². The van der Waals surface area contributed by atoms with Crippen LogP contribution in [-0.2, 0) is 24.4 Å². The first-order chi connectivity index (χ1) is 9.65. The number of rotatable bonds is 2. The number of aromatic nitrogens is 3. The summed E-state index contributed by atoms with van der Waals surface area (Å²) in [5, 5.41) is 4.76. The molecule has 0 radical (unpaired) electrons. The van der Waals surface area contributed by atoms with Gasteiger partial charge in [0.05, 0.1) is 19.4 Å². The number of morpholine rings is 1. The van der Waals surface area contributed by atoms with Crippen molar-refractivity contribution in [1.82, 2.24) is 19.2 Å². The average Bonchev–Trinajstić information content (AvgIpc) is 2.62. The Morgan fingerprint density at radius 2 is 2.15 bits per heavy atom. The topological polar surface area (TPSA) is 35.2 Å². The number of hydrogen-bond donors (Lipinski definition) is 0. The van der Waals surface area contributed by atoms with E-state index >= 15 is 0 Å². The molecule has 1 aromatic heterocycles. The standard InChI is InChI=1S/C14H24N4OS/c1-11-9-19-12(2)8-16(11)10-18-14(20)17-7-5-3-4-6-13(17)15-18/h11-12H,3-10H2,1-2H3/t11-,12+/m1/s1. The van der Waals surface area contributed by atoms with Crippen molar-refractivity contribution in [3.05, 3.63) is 10.6 Å². The third kappa shape index (κ3) is 2.82. The summed E-state index contributed by atoms with van der Waals surface area (Å²) in [4.78, 5) is 2.41. The van der Waals surface area contributed by atoms with Gasteiger partial charge in [0.25, 0.3) is 0 Å². The zero-order valence-corrected chi connectivity index (χ0v) is 13.2. The minimum absolute atomic E-state index is 0.292. The molecule has 3 rings (SSSR count). The molecule has 2 aliphatic heterocycles. The van der Waals surface area contributed by atoms with Gasteiger partial charge in [-0.3, -0.25) is 4.90 Å². The molecule has 1 aromatic rings. The summed E-state index contributed by atoms with van der Waals surface area (Å²) >= 11 is 5.61. The Kier molecular flexibility index (Phi) is 4.23. The van der Waals surface area contributed by atoms with Crippen LogP contribution in [0.2, 0.25) is 0 Å². The molecule has 0 aromatic carbocycles. The molecule has 5 nitrogen and oxygen atoms in total. The first-order valence-electron chi connectivity index (χ1n) is 7.67. The van der Waals surface area contributed by atoms with Crippen molar-refractivity contribution in [2.24, 2.45) is 0 Å². The maximum absolute atomic E-state index is 5.68. The first-order valence-corrected chi connectivity index (χ1v) is 8.08. The van der Waals surface area contributed by atoms with Crippen LogP contribution in [0.25, 0.3) is 0 Å². The summed E-state index contributed by atoms with van der Waals surface area (Å²) in [6.07, 6.45) is 5.09. The Hall–Kier alpha value is -0.720. The van der Waals surface area contributed by atoms with E-state index in [9.17, 15) is 0 Å². The molecule has 0 saturated carbocycles. The lowest BCUT2D eigenvalue weighted by atomic mass is 10.2. The van der Waals surface area contributed by atoms with Crippen LogP contribution in [0.3, 0.4) is 0 Å². The van der Waals surface area contributed by atoms with Gasteiger partial charge in [0.2, 0.25) is 0 Å². The van der Waals surface area contributed by atoms with E-state index in [2.05, 4.69) is 23.3 Å². The van der Waals surface area contributed by atoms with Gasteiger partial charge >= 0.3 is 0 Å². The van der Waals surface area contributed by atoms with Gasteiger partial charge in [-0.1, -0.05) is 6.42 Å². The molecular weight excluding hydrogens is 272 g/mol. The van der Waals surface area contributed by atoms with Crippen molar-refractivity contribution in [1.29, 1.82) is 0 Å². The van der Waals surface area contributed by atoms with E-state index in [0.717, 1.165) is 37.6 Å². The Bertz CT molecular complexity index is 524. The molecule has 0 N–H and O–H groups in total. The maximum atomic E-state index is 5.68. The van der Waals surface area contributed by atoms with Gasteiger partial charge in [0, 0.05) is 25.6 Å². The maximum Gasteiger partial charge on any atom is 0.199 e. The van der Waals surface area contributed by atoms with Crippen molar-refractivity contribution in [2.75, 3.05) is 13.2 Å². The van der Waals surface area contributed by atoms with Gasteiger partial charge in [0.15, 0.2) is 4.77 Å². The number of nitrogens with zero attached hydrogens (tertiary/aromatic N) is 4. The molecular formula is C14H24N4OS. The molecule has 0 spiro atoms. The van der Waals surface area contributed by atoms with Gasteiger partial charge in [-0.2, -0.15) is 5.10 Å². The second-order valence-corrected chi connectivity index (χ2v) is 6.43. The molecule has 0 bridgehead atoms. The summed E-state index contributed by atoms with van der Waals surface area (Å²) in [5.41, 5.74) is 0. The molecule has 20 heavy (non-hydrogen) atoms. The normalized spacial score (nSPS) is 28.1. The zero-order chi connectivity index (χ0) is 14.1. The van der Waals surface area contributed by atoms with Crippen LogP contribution in [0.15, 0.2) is 0 Å². The highest BCUT2D eigenvalue weighted by Gasteiger charge is 2.24. The van der Waals surface area contributed by atoms with Gasteiger partial charge in [-0.05, 0) is 38.9 Å². The summed E-state index contributed by atoms with van der Waals surface area (Å²) in [6.45, 7) is 7.89. The molecule has 6 heteroatoms. The molecule has 0 aliphatic carbocycles. The van der Waals surface area contributed by atoms with Crippen LogP contribution in [-0.4, -0.2) is 44.5 Å². The van der Waals surface area contributed by atoms with E-state index in [1.807, 2.05) is 4.68 Å². The van der Waals surface area contributed by atoms with E-state index < -0.39 is 0 Å². The number of ether oxygens (including phenoxy) is 1. The second-order valence-electron chi connectivity index (χ2n) is 6.07. The molecule has 2 atom stereocenters. The Morgan fingerprint density at radius 3 is 3.00 bits per heavy atom. The van der Waals surface area contributed by atoms with Crippen LogP contribution in [0.4, 0.5) is 0 Å². The smallest absolute Gasteiger partial charge is 0.199 e. The van der Waals surface area contributed by atoms with Gasteiger partial charge in [0.1, 0.15) is 5.82 Å². The van der Waals surface area contributed by atoms with E-state index in [1.165, 1.54) is 25.1 Å². The van der Waals surface area contributed by atoms with E-state index in [-0.39, 0.29) is 0 Å². The fraction of sp³-hybridized carbons (Fsp3) is 0.857. The lowest BCUT2D eigenvalue weighted by Crippen LogP contribution is -2.47. The lowest BCUT2D eigenvalue weighted by Gasteiger charge is -2.36. The Labute approximate surface area is 125 Å². The van der Waals surface area contributed by atoms with E-state index in [4.69, 9.17) is 22.1 Å². The third-order valence-electron chi connectivity index (χ3n) is 4.33. The van der Waals surface area contributed by atoms with Crippen LogP contribution in [0, 0.1) is 4.77 Å². The minimum atomic E-state index is 0.292. The van der Waals surface area contributed by atoms with Crippen LogP contribution in [0.5, 0.6) is 0 Å². The summed E-state index contributed by atoms with van der Waals surface area (Å²) in [5.74, 6) is 1.17. The van der Waals surface area contributed by atoms with Crippen LogP contribution in [0.1, 0.15) is 38.9 Å². The molecule has 2 aliphatic rings. The summed E-state index contributed by atoms with van der Waals surface area (Å²) in [7, 11) is 0. The van der Waals surface area contributed by atoms with Gasteiger partial charge in [-0.25, -0.2) is 4.68 Å². The lowest BCUT2D eigenvalue weighted by molar-refractivity contribution is -0.0625. The number of hydrogen-bond acceptors (Lipinski definition) is 4. The quantitative estimate of drug-likeness (QED) is 0.784. The monoisotopic (exact) mass is 296 g/mol. The second kappa shape index (κ2) is 5.95. The third-order valence-corrected chi connectivity index (χ3v) is 4.77. The van der Waals surface area contributed by atoms with Gasteiger partial charge in [-0.15, -0.1) is 0 Å². The fourth-order valence-corrected chi connectivity index (χ4v) is 3.35. The highest BCUT2D eigenvalue weighted by molar-refractivity contribution is 7.71. The summed E-state index contributed by atoms with van der Waals surface area (Å²) < 4.78 is 10.8. The van der Waals surface area contributed by atoms with Crippen LogP contribution < -0.4 is 0 Å². The van der Waals surface area contributed by atoms with E-state index in [0.29, 0.717) is 12.1 Å². The van der Waals surface area contributed by atoms with Gasteiger partial charge < -0.3 is 9.30 Å². The highest BCUT2D eigenvalue weighted by atomic mass is 32.1. The number of aryl methyl sites for hydroxylation is 1. The molecule has 112 valence electrons. The molecule has 1 fully saturated rings. The molecule has 1 saturated heterocycles. The van der Waals surface area contributed by atoms with Crippen molar-refractivity contribution in [2.45, 2.75) is 64.9 Å². The molecule has 3 heterocycles. The first kappa shape index (κ1) is 14.2.